The maximum absolute atomic E-state index is 13.1. The molecule has 0 radical (unpaired) electrons. The monoisotopic (exact) mass is 1050 g/mol. The lowest BCUT2D eigenvalue weighted by atomic mass is 9.95. The zero-order valence-corrected chi connectivity index (χ0v) is 44.3. The van der Waals surface area contributed by atoms with Crippen LogP contribution in [0.1, 0.15) is 122 Å². The number of nitrogens with two attached hydrogens (primary N) is 1. The van der Waals surface area contributed by atoms with Gasteiger partial charge in [-0.05, 0) is 114 Å². The van der Waals surface area contributed by atoms with Crippen LogP contribution >= 0.6 is 0 Å². The van der Waals surface area contributed by atoms with Crippen LogP contribution in [0.3, 0.4) is 0 Å². The molecule has 4 heterocycles. The number of aliphatic carboxylic acids is 2. The topological polar surface area (TPSA) is 229 Å². The molecule has 0 atom stereocenters. The number of carbonyl (C=O) groups is 4. The molecule has 4 aromatic heterocycles. The van der Waals surface area contributed by atoms with Crippen molar-refractivity contribution in [3.8, 4) is 22.3 Å². The summed E-state index contributed by atoms with van der Waals surface area (Å²) < 4.78 is 2.08. The van der Waals surface area contributed by atoms with Crippen LogP contribution in [0.2, 0.25) is 0 Å². The van der Waals surface area contributed by atoms with Crippen molar-refractivity contribution in [3.05, 3.63) is 189 Å². The van der Waals surface area contributed by atoms with Gasteiger partial charge in [0, 0.05) is 82.3 Å². The van der Waals surface area contributed by atoms with Gasteiger partial charge in [-0.1, -0.05) is 126 Å². The van der Waals surface area contributed by atoms with Gasteiger partial charge in [0.05, 0.1) is 11.4 Å². The van der Waals surface area contributed by atoms with E-state index in [4.69, 9.17) is 15.9 Å². The first kappa shape index (κ1) is 57.2. The lowest BCUT2D eigenvalue weighted by Gasteiger charge is -2.12. The second-order valence-corrected chi connectivity index (χ2v) is 19.6. The number of unbranched alkanes of at least 4 members (excludes halogenated alkanes) is 11. The minimum Gasteiger partial charge on any atom is -0.480 e. The van der Waals surface area contributed by atoms with E-state index in [-0.39, 0.29) is 11.8 Å². The lowest BCUT2D eigenvalue weighted by Crippen LogP contribution is -2.24. The molecule has 6 N–H and O–H groups in total. The van der Waals surface area contributed by atoms with Crippen LogP contribution in [0.5, 0.6) is 0 Å². The molecule has 4 aromatic carbocycles. The maximum Gasteiger partial charge on any atom is 0.323 e. The molecule has 0 bridgehead atoms. The third kappa shape index (κ3) is 16.5. The SMILES string of the molecule is CCCCCCCCCCCc1cccc2c(-c3cccc(C(=O)Nc4ccc(=O)n(CC(=O)O)c4)c3)cncc12.NCCCCCCc1ccc2c(-c3cccc(C(=O)Nc4ccc(=O)n(CC(=O)O)c4)c3)cncc2c1. The fourth-order valence-electron chi connectivity index (χ4n) is 9.58. The molecule has 0 unspecified atom stereocenters. The lowest BCUT2D eigenvalue weighted by molar-refractivity contribution is -0.138. The number of amides is 2. The van der Waals surface area contributed by atoms with Crippen LogP contribution in [0.4, 0.5) is 11.4 Å². The van der Waals surface area contributed by atoms with E-state index in [0.29, 0.717) is 22.5 Å². The number of carboxylic acid groups (broad SMARTS) is 2. The number of rotatable bonds is 26. The van der Waals surface area contributed by atoms with E-state index in [0.717, 1.165) is 98.0 Å². The molecule has 0 saturated heterocycles. The van der Waals surface area contributed by atoms with Gasteiger partial charge in [-0.15, -0.1) is 0 Å². The quantitative estimate of drug-likeness (QED) is 0.0320. The van der Waals surface area contributed by atoms with Crippen molar-refractivity contribution in [1.82, 2.24) is 19.1 Å². The standard InChI is InChI=1S/C34H39N3O4.C29H30N4O4/c1-2-3-4-5-6-7-8-9-10-13-25-14-12-17-29-30(25)21-35-22-31(29)26-15-11-16-27(20-26)34(41)36-28-18-19-32(38)37(23-28)24-33(39)40;30-13-4-2-1-3-6-20-9-11-25-23(14-20)16-31-17-26(25)21-7-5-8-22(15-21)29(37)32-24-10-12-27(34)33(18-24)19-28(35)36/h11-12,14-23H,2-10,13,24H2,1H3,(H,36,41)(H,39,40);5,7-12,14-18H,1-4,6,13,19,30H2,(H,32,37)(H,35,36). The van der Waals surface area contributed by atoms with Crippen LogP contribution < -0.4 is 27.5 Å². The van der Waals surface area contributed by atoms with E-state index in [9.17, 15) is 28.8 Å². The molecule has 0 aliphatic rings. The molecule has 8 aromatic rings. The van der Waals surface area contributed by atoms with E-state index in [1.165, 1.54) is 106 Å². The molecular formula is C63H69N7O8. The first-order chi connectivity index (χ1) is 37.9. The smallest absolute Gasteiger partial charge is 0.323 e. The van der Waals surface area contributed by atoms with Crippen LogP contribution in [0.25, 0.3) is 43.8 Å². The third-order valence-corrected chi connectivity index (χ3v) is 13.7. The highest BCUT2D eigenvalue weighted by Gasteiger charge is 2.15. The minimum atomic E-state index is -1.14. The van der Waals surface area contributed by atoms with Gasteiger partial charge >= 0.3 is 11.9 Å². The molecule has 404 valence electrons. The van der Waals surface area contributed by atoms with Gasteiger partial charge in [0.15, 0.2) is 0 Å². The number of hydrogen-bond donors (Lipinski definition) is 5. The Hall–Kier alpha value is -8.56. The zero-order chi connectivity index (χ0) is 55.2. The highest BCUT2D eigenvalue weighted by Crippen LogP contribution is 2.32. The number of anilines is 2. The van der Waals surface area contributed by atoms with E-state index >= 15 is 0 Å². The number of aryl methyl sites for hydroxylation is 2. The average molecular weight is 1050 g/mol. The highest BCUT2D eigenvalue weighted by atomic mass is 16.4. The summed E-state index contributed by atoms with van der Waals surface area (Å²) in [5.41, 5.74) is 12.4. The van der Waals surface area contributed by atoms with Gasteiger partial charge in [0.25, 0.3) is 22.9 Å². The van der Waals surface area contributed by atoms with Crippen molar-refractivity contribution in [3.63, 3.8) is 0 Å². The van der Waals surface area contributed by atoms with Crippen LogP contribution in [0, 0.1) is 0 Å². The van der Waals surface area contributed by atoms with Crippen molar-refractivity contribution >= 4 is 56.7 Å². The first-order valence-electron chi connectivity index (χ1n) is 27.0. The number of fused-ring (bicyclic) bond motifs is 2. The fraction of sp³-hybridized carbons (Fsp3) is 0.302. The number of pyridine rings is 4. The van der Waals surface area contributed by atoms with Crippen LogP contribution in [-0.2, 0) is 35.5 Å². The first-order valence-corrected chi connectivity index (χ1v) is 27.0. The van der Waals surface area contributed by atoms with Crippen molar-refractivity contribution < 1.29 is 29.4 Å². The molecule has 2 amide bonds. The third-order valence-electron chi connectivity index (χ3n) is 13.7. The molecule has 0 aliphatic carbocycles. The molecular weight excluding hydrogens is 983 g/mol. The van der Waals surface area contributed by atoms with Gasteiger partial charge in [0.2, 0.25) is 0 Å². The highest BCUT2D eigenvalue weighted by molar-refractivity contribution is 6.07. The summed E-state index contributed by atoms with van der Waals surface area (Å²) in [6.45, 7) is 2.03. The molecule has 15 heteroatoms. The number of nitrogens with one attached hydrogen (secondary N) is 2. The summed E-state index contributed by atoms with van der Waals surface area (Å²) in [6.07, 6.45) is 28.4. The van der Waals surface area contributed by atoms with E-state index in [2.05, 4.69) is 63.9 Å². The Labute approximate surface area is 454 Å². The number of carbonyl (C=O) groups excluding carboxylic acids is 2. The molecule has 0 spiro atoms. The van der Waals surface area contributed by atoms with E-state index in [1.807, 2.05) is 48.9 Å². The molecule has 0 aliphatic heterocycles. The second-order valence-electron chi connectivity index (χ2n) is 19.6. The van der Waals surface area contributed by atoms with Gasteiger partial charge in [0.1, 0.15) is 13.1 Å². The molecule has 0 fully saturated rings. The Morgan fingerprint density at radius 2 is 1.03 bits per heavy atom. The minimum absolute atomic E-state index is 0.332. The summed E-state index contributed by atoms with van der Waals surface area (Å²) in [7, 11) is 0. The normalized spacial score (nSPS) is 11.0. The number of carboxylic acids is 2. The van der Waals surface area contributed by atoms with Gasteiger partial charge in [-0.3, -0.25) is 38.7 Å². The predicted molar refractivity (Wildman–Crippen MR) is 309 cm³/mol. The van der Waals surface area contributed by atoms with Crippen LogP contribution in [-0.4, -0.2) is 59.6 Å². The van der Waals surface area contributed by atoms with Crippen molar-refractivity contribution in [1.29, 1.82) is 0 Å². The number of nitrogens with zero attached hydrogens (tertiary/aromatic N) is 4. The van der Waals surface area contributed by atoms with Crippen molar-refractivity contribution in [2.75, 3.05) is 17.2 Å². The summed E-state index contributed by atoms with van der Waals surface area (Å²) in [4.78, 5) is 80.8. The van der Waals surface area contributed by atoms with Gasteiger partial charge in [-0.2, -0.15) is 0 Å². The Morgan fingerprint density at radius 3 is 1.59 bits per heavy atom. The fourth-order valence-corrected chi connectivity index (χ4v) is 9.58. The van der Waals surface area contributed by atoms with Crippen molar-refractivity contribution in [2.24, 2.45) is 5.73 Å². The van der Waals surface area contributed by atoms with Gasteiger partial charge in [-0.25, -0.2) is 0 Å². The Bertz CT molecular complexity index is 3480. The zero-order valence-electron chi connectivity index (χ0n) is 44.3. The Morgan fingerprint density at radius 1 is 0.513 bits per heavy atom. The number of hydrogen-bond acceptors (Lipinski definition) is 9. The largest absolute Gasteiger partial charge is 0.480 e. The summed E-state index contributed by atoms with van der Waals surface area (Å²) >= 11 is 0. The predicted octanol–water partition coefficient (Wildman–Crippen LogP) is 11.9. The van der Waals surface area contributed by atoms with E-state index in [1.54, 1.807) is 24.4 Å². The molecule has 0 saturated carbocycles. The average Bonchev–Trinajstić information content (AvgIpc) is 3.45. The molecule has 8 rings (SSSR count). The summed E-state index contributed by atoms with van der Waals surface area (Å²) in [5, 5.41) is 27.9. The molecule has 78 heavy (non-hydrogen) atoms. The Kier molecular flexibility index (Phi) is 21.3. The molecule has 15 nitrogen and oxygen atoms in total. The second kappa shape index (κ2) is 29.1. The number of aromatic nitrogens is 4. The van der Waals surface area contributed by atoms with Crippen molar-refractivity contribution in [2.45, 2.75) is 116 Å². The van der Waals surface area contributed by atoms with E-state index < -0.39 is 36.1 Å². The Balaban J connectivity index is 0.000000227. The summed E-state index contributed by atoms with van der Waals surface area (Å²) in [5.74, 6) is -3.00. The summed E-state index contributed by atoms with van der Waals surface area (Å²) in [6, 6.07) is 32.8. The number of benzene rings is 4. The maximum atomic E-state index is 13.1. The van der Waals surface area contributed by atoms with Gasteiger partial charge < -0.3 is 35.7 Å². The van der Waals surface area contributed by atoms with Crippen LogP contribution in [0.15, 0.2) is 156 Å².